The lowest BCUT2D eigenvalue weighted by molar-refractivity contribution is -0.124. The van der Waals surface area contributed by atoms with Gasteiger partial charge < -0.3 is 24.8 Å². The SMILES string of the molecule is CCc1noc(C2(NC(=O)CN3C(C)=NC(/C(C)=C(/C=C(\C)C#N)NC(=O)C4CC4)=CC3OC)CC2)n1. The normalized spacial score (nSPS) is 21.4. The third-order valence-corrected chi connectivity index (χ3v) is 6.71. The highest BCUT2D eigenvalue weighted by atomic mass is 16.5. The molecule has 1 aromatic heterocycles. The average molecular weight is 508 g/mol. The minimum atomic E-state index is -0.610. The summed E-state index contributed by atoms with van der Waals surface area (Å²) in [5.41, 5.74) is 1.69. The van der Waals surface area contributed by atoms with Gasteiger partial charge in [0.2, 0.25) is 11.8 Å². The largest absolute Gasteiger partial charge is 0.358 e. The van der Waals surface area contributed by atoms with Gasteiger partial charge in [0.15, 0.2) is 12.1 Å². The lowest BCUT2D eigenvalue weighted by Crippen LogP contribution is -2.49. The summed E-state index contributed by atoms with van der Waals surface area (Å²) < 4.78 is 11.1. The van der Waals surface area contributed by atoms with E-state index in [1.807, 2.05) is 13.8 Å². The summed E-state index contributed by atoms with van der Waals surface area (Å²) in [6.07, 6.45) is 6.78. The van der Waals surface area contributed by atoms with E-state index in [-0.39, 0.29) is 24.3 Å². The summed E-state index contributed by atoms with van der Waals surface area (Å²) in [4.78, 5) is 36.3. The Morgan fingerprint density at radius 1 is 1.35 bits per heavy atom. The van der Waals surface area contributed by atoms with Gasteiger partial charge in [-0.1, -0.05) is 12.1 Å². The number of hydrogen-bond donors (Lipinski definition) is 2. The van der Waals surface area contributed by atoms with Crippen LogP contribution in [0.4, 0.5) is 0 Å². The van der Waals surface area contributed by atoms with Gasteiger partial charge in [-0.05, 0) is 64.2 Å². The summed E-state index contributed by atoms with van der Waals surface area (Å²) in [5, 5.41) is 19.2. The van der Waals surface area contributed by atoms with E-state index in [0.29, 0.717) is 46.5 Å². The maximum absolute atomic E-state index is 13.0. The number of amidine groups is 1. The first-order valence-corrected chi connectivity index (χ1v) is 12.5. The molecule has 2 amide bonds. The van der Waals surface area contributed by atoms with Crippen LogP contribution in [0.3, 0.4) is 0 Å². The van der Waals surface area contributed by atoms with Gasteiger partial charge in [0.1, 0.15) is 17.9 Å². The zero-order chi connectivity index (χ0) is 26.7. The molecule has 196 valence electrons. The number of rotatable bonds is 10. The van der Waals surface area contributed by atoms with Gasteiger partial charge in [-0.25, -0.2) is 4.99 Å². The van der Waals surface area contributed by atoms with E-state index in [1.54, 1.807) is 38.0 Å². The van der Waals surface area contributed by atoms with Crippen molar-refractivity contribution in [2.75, 3.05) is 13.7 Å². The molecule has 2 fully saturated rings. The van der Waals surface area contributed by atoms with Gasteiger partial charge in [-0.3, -0.25) is 9.59 Å². The Morgan fingerprint density at radius 3 is 2.65 bits per heavy atom. The van der Waals surface area contributed by atoms with E-state index in [1.165, 1.54) is 0 Å². The number of carbonyl (C=O) groups excluding carboxylic acids is 2. The highest BCUT2D eigenvalue weighted by molar-refractivity contribution is 5.89. The van der Waals surface area contributed by atoms with Gasteiger partial charge in [-0.2, -0.15) is 10.2 Å². The minimum Gasteiger partial charge on any atom is -0.358 e. The number of methoxy groups -OCH3 is 1. The molecule has 1 aromatic rings. The van der Waals surface area contributed by atoms with Crippen LogP contribution in [-0.2, 0) is 26.3 Å². The number of hydrogen-bond acceptors (Lipinski definition) is 9. The third-order valence-electron chi connectivity index (χ3n) is 6.71. The van der Waals surface area contributed by atoms with Crippen LogP contribution in [0, 0.1) is 17.2 Å². The molecule has 2 heterocycles. The second kappa shape index (κ2) is 10.7. The molecular formula is C26H33N7O4. The molecule has 0 spiro atoms. The molecule has 4 rings (SSSR count). The second-order valence-corrected chi connectivity index (χ2v) is 9.71. The van der Waals surface area contributed by atoms with Crippen molar-refractivity contribution in [1.82, 2.24) is 25.7 Å². The van der Waals surface area contributed by atoms with Crippen LogP contribution in [0.25, 0.3) is 0 Å². The van der Waals surface area contributed by atoms with E-state index in [4.69, 9.17) is 14.3 Å². The van der Waals surface area contributed by atoms with Crippen molar-refractivity contribution in [2.24, 2.45) is 10.9 Å². The first-order chi connectivity index (χ1) is 17.7. The van der Waals surface area contributed by atoms with Gasteiger partial charge >= 0.3 is 0 Å². The maximum Gasteiger partial charge on any atom is 0.252 e. The molecule has 0 aromatic carbocycles. The monoisotopic (exact) mass is 507 g/mol. The molecule has 1 unspecified atom stereocenters. The number of amides is 2. The van der Waals surface area contributed by atoms with Crippen LogP contribution in [0.1, 0.15) is 65.1 Å². The molecular weight excluding hydrogens is 474 g/mol. The predicted octanol–water partition coefficient (Wildman–Crippen LogP) is 2.60. The molecule has 3 aliphatic rings. The summed E-state index contributed by atoms with van der Waals surface area (Å²) >= 11 is 0. The van der Waals surface area contributed by atoms with Crippen LogP contribution >= 0.6 is 0 Å². The number of aromatic nitrogens is 2. The van der Waals surface area contributed by atoms with E-state index in [0.717, 1.165) is 25.7 Å². The molecule has 0 saturated heterocycles. The summed E-state index contributed by atoms with van der Waals surface area (Å²) in [6, 6.07) is 2.10. The highest BCUT2D eigenvalue weighted by Gasteiger charge is 2.51. The Labute approximate surface area is 216 Å². The molecule has 0 bridgehead atoms. The zero-order valence-corrected chi connectivity index (χ0v) is 21.9. The summed E-state index contributed by atoms with van der Waals surface area (Å²) in [6.45, 7) is 7.29. The Kier molecular flexibility index (Phi) is 7.59. The standard InChI is InChI=1S/C26H33N7O4/c1-6-21-30-25(37-32-21)26(9-10-26)31-22(34)14-33-17(4)28-20(12-23(33)36-5)16(3)19(11-15(2)13-27)29-24(35)18-7-8-18/h11-12,18,23H,6-10,14H2,1-5H3,(H,29,35)(H,31,34)/b15-11+,19-16-. The van der Waals surface area contributed by atoms with Gasteiger partial charge in [0, 0.05) is 30.7 Å². The smallest absolute Gasteiger partial charge is 0.252 e. The second-order valence-electron chi connectivity index (χ2n) is 9.71. The molecule has 11 nitrogen and oxygen atoms in total. The maximum atomic E-state index is 13.0. The predicted molar refractivity (Wildman–Crippen MR) is 134 cm³/mol. The number of nitrogens with zero attached hydrogens (tertiary/aromatic N) is 5. The lowest BCUT2D eigenvalue weighted by Gasteiger charge is -2.33. The molecule has 2 N–H and O–H groups in total. The van der Waals surface area contributed by atoms with Crippen molar-refractivity contribution in [2.45, 2.75) is 71.6 Å². The van der Waals surface area contributed by atoms with Gasteiger partial charge in [0.05, 0.1) is 11.8 Å². The molecule has 2 saturated carbocycles. The van der Waals surface area contributed by atoms with Gasteiger partial charge in [-0.15, -0.1) is 0 Å². The fraction of sp³-hybridized carbons (Fsp3) is 0.538. The lowest BCUT2D eigenvalue weighted by atomic mass is 10.1. The Morgan fingerprint density at radius 2 is 2.08 bits per heavy atom. The topological polar surface area (TPSA) is 146 Å². The molecule has 1 atom stereocenters. The van der Waals surface area contributed by atoms with Crippen molar-refractivity contribution in [3.8, 4) is 6.07 Å². The van der Waals surface area contributed by atoms with Crippen molar-refractivity contribution >= 4 is 17.6 Å². The number of nitriles is 1. The Balaban J connectivity index is 1.51. The Hall–Kier alpha value is -3.78. The first kappa shape index (κ1) is 26.3. The minimum absolute atomic E-state index is 0.0142. The summed E-state index contributed by atoms with van der Waals surface area (Å²) in [5.74, 6) is 1.39. The summed E-state index contributed by atoms with van der Waals surface area (Å²) in [7, 11) is 1.56. The van der Waals surface area contributed by atoms with Crippen LogP contribution < -0.4 is 10.6 Å². The van der Waals surface area contributed by atoms with Gasteiger partial charge in [0.25, 0.3) is 5.89 Å². The molecule has 0 radical (unpaired) electrons. The highest BCUT2D eigenvalue weighted by Crippen LogP contribution is 2.44. The molecule has 37 heavy (non-hydrogen) atoms. The number of aliphatic imine (C=N–C) groups is 1. The molecule has 11 heteroatoms. The fourth-order valence-corrected chi connectivity index (χ4v) is 4.07. The van der Waals surface area contributed by atoms with Crippen LogP contribution in [-0.4, -0.2) is 52.6 Å². The molecule has 1 aliphatic heterocycles. The first-order valence-electron chi connectivity index (χ1n) is 12.5. The zero-order valence-electron chi connectivity index (χ0n) is 21.9. The van der Waals surface area contributed by atoms with Crippen LogP contribution in [0.2, 0.25) is 0 Å². The fourth-order valence-electron chi connectivity index (χ4n) is 4.07. The van der Waals surface area contributed by atoms with Crippen LogP contribution in [0.15, 0.2) is 44.2 Å². The number of allylic oxidation sites excluding steroid dienone is 3. The van der Waals surface area contributed by atoms with E-state index >= 15 is 0 Å². The van der Waals surface area contributed by atoms with Crippen LogP contribution in [0.5, 0.6) is 0 Å². The number of nitrogens with one attached hydrogen (secondary N) is 2. The van der Waals surface area contributed by atoms with E-state index in [2.05, 4.69) is 26.8 Å². The quantitative estimate of drug-likeness (QED) is 0.363. The van der Waals surface area contributed by atoms with Crippen molar-refractivity contribution in [3.63, 3.8) is 0 Å². The number of aryl methyl sites for hydroxylation is 1. The Bertz CT molecular complexity index is 1240. The molecule has 2 aliphatic carbocycles. The van der Waals surface area contributed by atoms with Crippen molar-refractivity contribution in [1.29, 1.82) is 5.26 Å². The van der Waals surface area contributed by atoms with Crippen molar-refractivity contribution in [3.05, 3.63) is 46.4 Å². The third kappa shape index (κ3) is 5.97. The van der Waals surface area contributed by atoms with Crippen molar-refractivity contribution < 1.29 is 18.8 Å². The van der Waals surface area contributed by atoms with E-state index < -0.39 is 11.8 Å². The average Bonchev–Trinajstić information content (AvgIpc) is 3.82. The number of carbonyl (C=O) groups is 2. The number of ether oxygens (including phenoxy) is 1. The van der Waals surface area contributed by atoms with E-state index in [9.17, 15) is 14.9 Å².